The van der Waals surface area contributed by atoms with Gasteiger partial charge < -0.3 is 10.1 Å². The first kappa shape index (κ1) is 20.9. The number of piperidine rings is 1. The van der Waals surface area contributed by atoms with E-state index < -0.39 is 0 Å². The number of nitrogens with zero attached hydrogens (tertiary/aromatic N) is 3. The van der Waals surface area contributed by atoms with Crippen LogP contribution in [0.1, 0.15) is 56.6 Å². The van der Waals surface area contributed by atoms with Crippen molar-refractivity contribution in [3.63, 3.8) is 0 Å². The predicted molar refractivity (Wildman–Crippen MR) is 117 cm³/mol. The van der Waals surface area contributed by atoms with Crippen molar-refractivity contribution in [1.82, 2.24) is 20.0 Å². The molecule has 1 unspecified atom stereocenters. The molecule has 0 radical (unpaired) electrons. The number of hydrogen-bond donors (Lipinski definition) is 1. The molecular weight excluding hydrogens is 376 g/mol. The number of carbonyl (C=O) groups excluding carboxylic acids is 1. The maximum absolute atomic E-state index is 12.6. The summed E-state index contributed by atoms with van der Waals surface area (Å²) in [4.78, 5) is 15.1. The van der Waals surface area contributed by atoms with Crippen LogP contribution in [-0.2, 0) is 18.4 Å². The van der Waals surface area contributed by atoms with Gasteiger partial charge in [-0.3, -0.25) is 14.4 Å². The molecule has 1 amide bonds. The van der Waals surface area contributed by atoms with Crippen LogP contribution in [0, 0.1) is 5.92 Å². The molecule has 2 aromatic rings. The van der Waals surface area contributed by atoms with Crippen LogP contribution in [-0.4, -0.2) is 45.8 Å². The van der Waals surface area contributed by atoms with Gasteiger partial charge in [0.1, 0.15) is 11.4 Å². The van der Waals surface area contributed by atoms with E-state index in [0.717, 1.165) is 51.2 Å². The Morgan fingerprint density at radius 2 is 2.07 bits per heavy atom. The van der Waals surface area contributed by atoms with E-state index in [1.807, 2.05) is 24.0 Å². The maximum Gasteiger partial charge on any atom is 0.220 e. The van der Waals surface area contributed by atoms with E-state index in [9.17, 15) is 4.79 Å². The number of aromatic nitrogens is 2. The van der Waals surface area contributed by atoms with Crippen LogP contribution in [0.3, 0.4) is 0 Å². The van der Waals surface area contributed by atoms with Gasteiger partial charge in [-0.1, -0.05) is 32.0 Å². The lowest BCUT2D eigenvalue weighted by Gasteiger charge is -2.47. The summed E-state index contributed by atoms with van der Waals surface area (Å²) in [5.74, 6) is 1.79. The van der Waals surface area contributed by atoms with Gasteiger partial charge >= 0.3 is 0 Å². The third-order valence-corrected chi connectivity index (χ3v) is 6.37. The number of ether oxygens (including phenoxy) is 1. The summed E-state index contributed by atoms with van der Waals surface area (Å²) in [6.07, 6.45) is 7.47. The number of para-hydroxylation sites is 1. The average molecular weight is 411 g/mol. The van der Waals surface area contributed by atoms with E-state index in [4.69, 9.17) is 4.74 Å². The zero-order valence-electron chi connectivity index (χ0n) is 18.4. The fourth-order valence-electron chi connectivity index (χ4n) is 4.78. The first-order valence-corrected chi connectivity index (χ1v) is 11.2. The van der Waals surface area contributed by atoms with Gasteiger partial charge in [0.05, 0.1) is 6.20 Å². The van der Waals surface area contributed by atoms with E-state index in [-0.39, 0.29) is 17.4 Å². The molecule has 1 fully saturated rings. The van der Waals surface area contributed by atoms with Crippen molar-refractivity contribution in [2.24, 2.45) is 13.0 Å². The summed E-state index contributed by atoms with van der Waals surface area (Å²) in [6, 6.07) is 8.28. The zero-order chi connectivity index (χ0) is 21.1. The first-order valence-electron chi connectivity index (χ1n) is 11.2. The van der Waals surface area contributed by atoms with Gasteiger partial charge in [-0.2, -0.15) is 5.10 Å². The number of carbonyl (C=O) groups is 1. The smallest absolute Gasteiger partial charge is 0.220 e. The highest BCUT2D eigenvalue weighted by Gasteiger charge is 2.43. The highest BCUT2D eigenvalue weighted by molar-refractivity contribution is 5.77. The van der Waals surface area contributed by atoms with Gasteiger partial charge in [-0.05, 0) is 36.8 Å². The molecule has 0 saturated carbocycles. The van der Waals surface area contributed by atoms with Crippen LogP contribution in [0.15, 0.2) is 36.7 Å². The molecule has 6 nitrogen and oxygen atoms in total. The lowest BCUT2D eigenvalue weighted by Crippen LogP contribution is -2.50. The van der Waals surface area contributed by atoms with Gasteiger partial charge in [-0.15, -0.1) is 0 Å². The summed E-state index contributed by atoms with van der Waals surface area (Å²) < 4.78 is 8.46. The van der Waals surface area contributed by atoms with Gasteiger partial charge in [-0.25, -0.2) is 0 Å². The molecule has 162 valence electrons. The van der Waals surface area contributed by atoms with E-state index in [1.54, 1.807) is 0 Å². The molecule has 6 heteroatoms. The largest absolute Gasteiger partial charge is 0.487 e. The fourth-order valence-corrected chi connectivity index (χ4v) is 4.78. The van der Waals surface area contributed by atoms with Crippen molar-refractivity contribution >= 4 is 5.91 Å². The van der Waals surface area contributed by atoms with E-state index in [0.29, 0.717) is 12.3 Å². The molecule has 0 aliphatic carbocycles. The van der Waals surface area contributed by atoms with Crippen molar-refractivity contribution in [2.75, 3.05) is 19.6 Å². The Bertz CT molecular complexity index is 868. The van der Waals surface area contributed by atoms with Crippen LogP contribution in [0.2, 0.25) is 0 Å². The minimum Gasteiger partial charge on any atom is -0.487 e. The third-order valence-electron chi connectivity index (χ3n) is 6.37. The fraction of sp³-hybridized carbons (Fsp3) is 0.583. The Labute approximate surface area is 179 Å². The Kier molecular flexibility index (Phi) is 6.14. The molecule has 0 bridgehead atoms. The Hall–Kier alpha value is -2.34. The van der Waals surface area contributed by atoms with Gasteiger partial charge in [0.2, 0.25) is 5.91 Å². The Morgan fingerprint density at radius 1 is 1.30 bits per heavy atom. The molecule has 1 atom stereocenters. The van der Waals surface area contributed by atoms with Crippen molar-refractivity contribution in [2.45, 2.75) is 57.6 Å². The number of fused-ring (bicyclic) bond motifs is 1. The molecule has 30 heavy (non-hydrogen) atoms. The van der Waals surface area contributed by atoms with Gasteiger partial charge in [0.25, 0.3) is 0 Å². The number of rotatable bonds is 6. The van der Waals surface area contributed by atoms with Crippen molar-refractivity contribution < 1.29 is 9.53 Å². The molecule has 1 saturated heterocycles. The summed E-state index contributed by atoms with van der Waals surface area (Å²) >= 11 is 0. The van der Waals surface area contributed by atoms with Crippen LogP contribution in [0.5, 0.6) is 5.75 Å². The second kappa shape index (κ2) is 8.80. The molecule has 1 aromatic heterocycles. The minimum absolute atomic E-state index is 0.148. The molecule has 4 rings (SSSR count). The zero-order valence-corrected chi connectivity index (χ0v) is 18.4. The average Bonchev–Trinajstić information content (AvgIpc) is 3.13. The molecule has 1 aromatic carbocycles. The van der Waals surface area contributed by atoms with E-state index in [1.165, 1.54) is 11.1 Å². The minimum atomic E-state index is -0.164. The molecule has 2 aliphatic heterocycles. The van der Waals surface area contributed by atoms with E-state index >= 15 is 0 Å². The highest BCUT2D eigenvalue weighted by Crippen LogP contribution is 2.46. The topological polar surface area (TPSA) is 59.4 Å². The van der Waals surface area contributed by atoms with Crippen LogP contribution in [0.4, 0.5) is 0 Å². The lowest BCUT2D eigenvalue weighted by molar-refractivity contribution is -0.122. The highest BCUT2D eigenvalue weighted by atomic mass is 16.5. The van der Waals surface area contributed by atoms with Gasteiger partial charge in [0.15, 0.2) is 0 Å². The molecular formula is C24H34N4O2. The molecule has 1 N–H and O–H groups in total. The predicted octanol–water partition coefficient (Wildman–Crippen LogP) is 3.48. The van der Waals surface area contributed by atoms with Crippen LogP contribution >= 0.6 is 0 Å². The number of benzene rings is 1. The van der Waals surface area contributed by atoms with Crippen molar-refractivity contribution in [3.8, 4) is 5.75 Å². The normalized spacial score (nSPS) is 20.7. The summed E-state index contributed by atoms with van der Waals surface area (Å²) in [5, 5.41) is 7.37. The SMILES string of the molecule is CC(C)CNC(=O)CC1CC2(CCN(Cc3cnn(C)c3)CC2)Oc2ccccc21. The monoisotopic (exact) mass is 410 g/mol. The van der Waals surface area contributed by atoms with Crippen molar-refractivity contribution in [3.05, 3.63) is 47.8 Å². The molecule has 2 aliphatic rings. The second-order valence-corrected chi connectivity index (χ2v) is 9.42. The van der Waals surface area contributed by atoms with Crippen LogP contribution in [0.25, 0.3) is 0 Å². The quantitative estimate of drug-likeness (QED) is 0.792. The van der Waals surface area contributed by atoms with Crippen molar-refractivity contribution in [1.29, 1.82) is 0 Å². The Morgan fingerprint density at radius 3 is 2.77 bits per heavy atom. The number of nitrogens with one attached hydrogen (secondary N) is 1. The number of aryl methyl sites for hydroxylation is 1. The van der Waals surface area contributed by atoms with E-state index in [2.05, 4.69) is 53.6 Å². The third kappa shape index (κ3) is 4.86. The lowest BCUT2D eigenvalue weighted by atomic mass is 9.76. The summed E-state index contributed by atoms with van der Waals surface area (Å²) in [7, 11) is 1.96. The second-order valence-electron chi connectivity index (χ2n) is 9.42. The maximum atomic E-state index is 12.6. The number of hydrogen-bond acceptors (Lipinski definition) is 4. The molecule has 1 spiro atoms. The van der Waals surface area contributed by atoms with Gasteiger partial charge in [0, 0.05) is 57.3 Å². The Balaban J connectivity index is 1.42. The molecule has 3 heterocycles. The summed E-state index contributed by atoms with van der Waals surface area (Å²) in [5.41, 5.74) is 2.27. The summed E-state index contributed by atoms with van der Waals surface area (Å²) in [6.45, 7) is 7.92. The number of amides is 1. The standard InChI is InChI=1S/C24H34N4O2/c1-18(2)14-25-23(29)12-20-13-24(30-22-7-5-4-6-21(20)22)8-10-28(11-9-24)17-19-15-26-27(3)16-19/h4-7,15-16,18,20H,8-14,17H2,1-3H3,(H,25,29). The number of likely N-dealkylation sites (tertiary alicyclic amines) is 1. The first-order chi connectivity index (χ1) is 14.4. The van der Waals surface area contributed by atoms with Crippen LogP contribution < -0.4 is 10.1 Å².